The summed E-state index contributed by atoms with van der Waals surface area (Å²) in [7, 11) is 0. The van der Waals surface area contributed by atoms with Crippen molar-refractivity contribution in [2.24, 2.45) is 0 Å². The van der Waals surface area contributed by atoms with Crippen LogP contribution < -0.4 is 0 Å². The Bertz CT molecular complexity index is 403. The standard InChI is InChI=1S/C14H23N3S/c1-11-9-15-14(18-11)12(2)17-8-7-16-6-4-3-5-13(16)10-17/h9,12-13H,3-8,10H2,1-2H3. The number of aryl methyl sites for hydroxylation is 1. The summed E-state index contributed by atoms with van der Waals surface area (Å²) < 4.78 is 0. The Morgan fingerprint density at radius 2 is 2.22 bits per heavy atom. The Labute approximate surface area is 114 Å². The van der Waals surface area contributed by atoms with Crippen molar-refractivity contribution in [3.8, 4) is 0 Å². The lowest BCUT2D eigenvalue weighted by molar-refractivity contribution is 0.0307. The van der Waals surface area contributed by atoms with Crippen molar-refractivity contribution in [2.75, 3.05) is 26.2 Å². The normalized spacial score (nSPS) is 28.0. The summed E-state index contributed by atoms with van der Waals surface area (Å²) in [5.41, 5.74) is 0. The van der Waals surface area contributed by atoms with Crippen LogP contribution in [0.5, 0.6) is 0 Å². The van der Waals surface area contributed by atoms with Gasteiger partial charge in [0.1, 0.15) is 5.01 Å². The lowest BCUT2D eigenvalue weighted by Gasteiger charge is -2.45. The van der Waals surface area contributed by atoms with Gasteiger partial charge in [-0.2, -0.15) is 0 Å². The van der Waals surface area contributed by atoms with E-state index in [9.17, 15) is 0 Å². The topological polar surface area (TPSA) is 19.4 Å². The van der Waals surface area contributed by atoms with Crippen LogP contribution in [0.2, 0.25) is 0 Å². The molecule has 2 saturated heterocycles. The monoisotopic (exact) mass is 265 g/mol. The first-order chi connectivity index (χ1) is 8.74. The van der Waals surface area contributed by atoms with Gasteiger partial charge in [0.05, 0.1) is 6.04 Å². The molecule has 0 amide bonds. The maximum Gasteiger partial charge on any atom is 0.110 e. The molecule has 3 nitrogen and oxygen atoms in total. The van der Waals surface area contributed by atoms with Gasteiger partial charge < -0.3 is 0 Å². The molecular formula is C14H23N3S. The summed E-state index contributed by atoms with van der Waals surface area (Å²) >= 11 is 1.85. The molecule has 0 N–H and O–H groups in total. The Kier molecular flexibility index (Phi) is 3.68. The molecule has 0 bridgehead atoms. The van der Waals surface area contributed by atoms with Gasteiger partial charge in [-0.05, 0) is 33.2 Å². The van der Waals surface area contributed by atoms with Crippen LogP contribution in [-0.2, 0) is 0 Å². The molecule has 18 heavy (non-hydrogen) atoms. The highest BCUT2D eigenvalue weighted by Crippen LogP contribution is 2.29. The third-order valence-corrected chi connectivity index (χ3v) is 5.50. The summed E-state index contributed by atoms with van der Waals surface area (Å²) in [5.74, 6) is 0. The smallest absolute Gasteiger partial charge is 0.110 e. The van der Waals surface area contributed by atoms with Gasteiger partial charge in [-0.15, -0.1) is 11.3 Å². The molecule has 1 aromatic heterocycles. The van der Waals surface area contributed by atoms with Crippen LogP contribution in [0.15, 0.2) is 6.20 Å². The van der Waals surface area contributed by atoms with E-state index in [-0.39, 0.29) is 0 Å². The van der Waals surface area contributed by atoms with Crippen molar-refractivity contribution >= 4 is 11.3 Å². The fourth-order valence-corrected chi connectivity index (χ4v) is 4.11. The first kappa shape index (κ1) is 12.6. The van der Waals surface area contributed by atoms with Crippen LogP contribution in [0.1, 0.15) is 42.1 Å². The largest absolute Gasteiger partial charge is 0.298 e. The van der Waals surface area contributed by atoms with E-state index in [4.69, 9.17) is 0 Å². The molecule has 0 spiro atoms. The predicted octanol–water partition coefficient (Wildman–Crippen LogP) is 2.68. The van der Waals surface area contributed by atoms with Crippen LogP contribution >= 0.6 is 11.3 Å². The Balaban J connectivity index is 1.66. The molecule has 3 heterocycles. The first-order valence-electron chi connectivity index (χ1n) is 7.14. The summed E-state index contributed by atoms with van der Waals surface area (Å²) in [4.78, 5) is 11.2. The Morgan fingerprint density at radius 1 is 1.33 bits per heavy atom. The minimum absolute atomic E-state index is 0.493. The van der Waals surface area contributed by atoms with Gasteiger partial charge in [0.25, 0.3) is 0 Å². The second-order valence-electron chi connectivity index (χ2n) is 5.67. The van der Waals surface area contributed by atoms with E-state index in [0.717, 1.165) is 6.04 Å². The van der Waals surface area contributed by atoms with Crippen molar-refractivity contribution < 1.29 is 0 Å². The zero-order valence-corrected chi connectivity index (χ0v) is 12.2. The molecule has 2 atom stereocenters. The Hall–Kier alpha value is -0.450. The van der Waals surface area contributed by atoms with E-state index in [0.29, 0.717) is 6.04 Å². The zero-order valence-electron chi connectivity index (χ0n) is 11.4. The number of hydrogen-bond donors (Lipinski definition) is 0. The molecule has 0 aliphatic carbocycles. The first-order valence-corrected chi connectivity index (χ1v) is 7.96. The fourth-order valence-electron chi connectivity index (χ4n) is 3.25. The van der Waals surface area contributed by atoms with E-state index in [2.05, 4.69) is 28.6 Å². The zero-order chi connectivity index (χ0) is 12.5. The molecular weight excluding hydrogens is 242 g/mol. The number of thiazole rings is 1. The number of rotatable bonds is 2. The SMILES string of the molecule is Cc1cnc(C(C)N2CCN3CCCCC3C2)s1. The summed E-state index contributed by atoms with van der Waals surface area (Å²) in [6.07, 6.45) is 6.21. The average Bonchev–Trinajstić information content (AvgIpc) is 2.84. The van der Waals surface area contributed by atoms with Gasteiger partial charge in [0.2, 0.25) is 0 Å². The molecule has 3 rings (SSSR count). The van der Waals surface area contributed by atoms with Crippen LogP contribution in [-0.4, -0.2) is 47.0 Å². The molecule has 1 aromatic rings. The second kappa shape index (κ2) is 5.27. The van der Waals surface area contributed by atoms with Crippen LogP contribution in [0, 0.1) is 6.92 Å². The number of hydrogen-bond acceptors (Lipinski definition) is 4. The van der Waals surface area contributed by atoms with Gasteiger partial charge in [-0.25, -0.2) is 4.98 Å². The van der Waals surface area contributed by atoms with Gasteiger partial charge >= 0.3 is 0 Å². The third-order valence-electron chi connectivity index (χ3n) is 4.41. The van der Waals surface area contributed by atoms with Gasteiger partial charge in [-0.3, -0.25) is 9.80 Å². The number of aromatic nitrogens is 1. The van der Waals surface area contributed by atoms with E-state index in [1.54, 1.807) is 0 Å². The van der Waals surface area contributed by atoms with E-state index >= 15 is 0 Å². The molecule has 2 aliphatic heterocycles. The highest BCUT2D eigenvalue weighted by molar-refractivity contribution is 7.11. The molecule has 100 valence electrons. The van der Waals surface area contributed by atoms with Crippen molar-refractivity contribution in [3.63, 3.8) is 0 Å². The number of piperidine rings is 1. The van der Waals surface area contributed by atoms with E-state index < -0.39 is 0 Å². The van der Waals surface area contributed by atoms with Crippen LogP contribution in [0.4, 0.5) is 0 Å². The summed E-state index contributed by atoms with van der Waals surface area (Å²) in [6.45, 7) is 9.47. The molecule has 0 aromatic carbocycles. The molecule has 2 fully saturated rings. The van der Waals surface area contributed by atoms with Gasteiger partial charge in [0.15, 0.2) is 0 Å². The minimum Gasteiger partial charge on any atom is -0.298 e. The Morgan fingerprint density at radius 3 is 3.00 bits per heavy atom. The highest BCUT2D eigenvalue weighted by Gasteiger charge is 2.31. The summed E-state index contributed by atoms with van der Waals surface area (Å²) in [6, 6.07) is 1.30. The minimum atomic E-state index is 0.493. The summed E-state index contributed by atoms with van der Waals surface area (Å²) in [5, 5.41) is 1.29. The maximum atomic E-state index is 4.56. The second-order valence-corrected chi connectivity index (χ2v) is 6.93. The van der Waals surface area contributed by atoms with Gasteiger partial charge in [-0.1, -0.05) is 6.42 Å². The number of piperazine rings is 1. The molecule has 0 radical (unpaired) electrons. The molecule has 0 saturated carbocycles. The van der Waals surface area contributed by atoms with Crippen molar-refractivity contribution in [3.05, 3.63) is 16.1 Å². The average molecular weight is 265 g/mol. The quantitative estimate of drug-likeness (QED) is 0.819. The third kappa shape index (κ3) is 2.46. The van der Waals surface area contributed by atoms with Crippen LogP contribution in [0.3, 0.4) is 0 Å². The van der Waals surface area contributed by atoms with E-state index in [1.807, 2.05) is 17.5 Å². The number of fused-ring (bicyclic) bond motifs is 1. The fraction of sp³-hybridized carbons (Fsp3) is 0.786. The van der Waals surface area contributed by atoms with Crippen molar-refractivity contribution in [1.82, 2.24) is 14.8 Å². The van der Waals surface area contributed by atoms with Crippen LogP contribution in [0.25, 0.3) is 0 Å². The lowest BCUT2D eigenvalue weighted by atomic mass is 9.99. The predicted molar refractivity (Wildman–Crippen MR) is 76.1 cm³/mol. The molecule has 2 unspecified atom stereocenters. The number of nitrogens with zero attached hydrogens (tertiary/aromatic N) is 3. The van der Waals surface area contributed by atoms with Crippen molar-refractivity contribution in [1.29, 1.82) is 0 Å². The molecule has 2 aliphatic rings. The van der Waals surface area contributed by atoms with Gasteiger partial charge in [0, 0.05) is 36.8 Å². The van der Waals surface area contributed by atoms with Crippen molar-refractivity contribution in [2.45, 2.75) is 45.2 Å². The highest BCUT2D eigenvalue weighted by atomic mass is 32.1. The maximum absolute atomic E-state index is 4.56. The lowest BCUT2D eigenvalue weighted by Crippen LogP contribution is -2.55. The van der Waals surface area contributed by atoms with E-state index in [1.165, 1.54) is 55.3 Å². The molecule has 4 heteroatoms.